The van der Waals surface area contributed by atoms with Crippen molar-refractivity contribution in [3.8, 4) is 0 Å². The molecule has 0 bridgehead atoms. The van der Waals surface area contributed by atoms with E-state index in [4.69, 9.17) is 0 Å². The van der Waals surface area contributed by atoms with Gasteiger partial charge in [0.25, 0.3) is 5.56 Å². The zero-order valence-electron chi connectivity index (χ0n) is 8.31. The first-order chi connectivity index (χ1) is 7.06. The summed E-state index contributed by atoms with van der Waals surface area (Å²) in [5.74, 6) is 0.661. The SMILES string of the molecule is Cc1nc2c([nH]1)c(=O)n(CS)c(=O)n2C. The number of nitrogens with zero attached hydrogens (tertiary/aromatic N) is 3. The van der Waals surface area contributed by atoms with Gasteiger partial charge in [0, 0.05) is 7.05 Å². The number of thiol groups is 1. The van der Waals surface area contributed by atoms with Crippen LogP contribution in [0.5, 0.6) is 0 Å². The molecular weight excluding hydrogens is 216 g/mol. The van der Waals surface area contributed by atoms with Crippen molar-refractivity contribution in [2.45, 2.75) is 12.8 Å². The van der Waals surface area contributed by atoms with Crippen molar-refractivity contribution < 1.29 is 0 Å². The van der Waals surface area contributed by atoms with Crippen LogP contribution in [0, 0.1) is 6.92 Å². The van der Waals surface area contributed by atoms with Crippen LogP contribution in [-0.2, 0) is 12.9 Å². The summed E-state index contributed by atoms with van der Waals surface area (Å²) in [5, 5.41) is 0. The molecule has 2 heterocycles. The van der Waals surface area contributed by atoms with E-state index in [2.05, 4.69) is 22.6 Å². The molecule has 0 radical (unpaired) electrons. The van der Waals surface area contributed by atoms with Crippen molar-refractivity contribution in [2.24, 2.45) is 7.05 Å². The van der Waals surface area contributed by atoms with Gasteiger partial charge in [-0.2, -0.15) is 12.6 Å². The second kappa shape index (κ2) is 3.27. The highest BCUT2D eigenvalue weighted by molar-refractivity contribution is 7.79. The highest BCUT2D eigenvalue weighted by Crippen LogP contribution is 2.02. The molecule has 1 N–H and O–H groups in total. The van der Waals surface area contributed by atoms with Gasteiger partial charge in [0.1, 0.15) is 11.3 Å². The standard InChI is InChI=1S/C8H10N4O2S/c1-4-9-5-6(10-4)11(2)8(14)12(3-15)7(5)13/h15H,3H2,1-2H3,(H,9,10). The number of aromatic amines is 1. The van der Waals surface area contributed by atoms with Crippen LogP contribution in [0.3, 0.4) is 0 Å². The van der Waals surface area contributed by atoms with Crippen molar-refractivity contribution in [2.75, 3.05) is 0 Å². The molecular formula is C8H10N4O2S. The average Bonchev–Trinajstić information content (AvgIpc) is 2.58. The Bertz CT molecular complexity index is 636. The normalized spacial score (nSPS) is 11.1. The van der Waals surface area contributed by atoms with Crippen LogP contribution in [0.1, 0.15) is 5.82 Å². The minimum Gasteiger partial charge on any atom is -0.336 e. The number of fused-ring (bicyclic) bond motifs is 1. The number of hydrogen-bond acceptors (Lipinski definition) is 4. The topological polar surface area (TPSA) is 72.7 Å². The van der Waals surface area contributed by atoms with Crippen molar-refractivity contribution in [3.05, 3.63) is 26.7 Å². The quantitative estimate of drug-likeness (QED) is 0.651. The first-order valence-corrected chi connectivity index (χ1v) is 4.96. The number of imidazole rings is 1. The molecule has 6 nitrogen and oxygen atoms in total. The van der Waals surface area contributed by atoms with E-state index < -0.39 is 5.69 Å². The fraction of sp³-hybridized carbons (Fsp3) is 0.375. The van der Waals surface area contributed by atoms with Gasteiger partial charge in [0.05, 0.1) is 5.88 Å². The maximum atomic E-state index is 11.8. The summed E-state index contributed by atoms with van der Waals surface area (Å²) in [6.07, 6.45) is 0. The molecule has 0 unspecified atom stereocenters. The minimum absolute atomic E-state index is 0.0551. The lowest BCUT2D eigenvalue weighted by Crippen LogP contribution is -2.38. The highest BCUT2D eigenvalue weighted by Gasteiger charge is 2.12. The first-order valence-electron chi connectivity index (χ1n) is 4.33. The third-order valence-electron chi connectivity index (χ3n) is 2.24. The van der Waals surface area contributed by atoms with Gasteiger partial charge < -0.3 is 4.98 Å². The highest BCUT2D eigenvalue weighted by atomic mass is 32.1. The summed E-state index contributed by atoms with van der Waals surface area (Å²) >= 11 is 3.94. The zero-order valence-corrected chi connectivity index (χ0v) is 9.21. The summed E-state index contributed by atoms with van der Waals surface area (Å²) in [5.41, 5.74) is -0.0816. The molecule has 0 saturated carbocycles. The number of aryl methyl sites for hydroxylation is 2. The minimum atomic E-state index is -0.408. The van der Waals surface area contributed by atoms with E-state index in [9.17, 15) is 9.59 Å². The van der Waals surface area contributed by atoms with Crippen molar-refractivity contribution in [1.29, 1.82) is 0 Å². The molecule has 2 aromatic rings. The van der Waals surface area contributed by atoms with E-state index in [1.807, 2.05) is 0 Å². The molecule has 0 aliphatic heterocycles. The molecule has 0 fully saturated rings. The third-order valence-corrected chi connectivity index (χ3v) is 2.52. The van der Waals surface area contributed by atoms with Crippen LogP contribution in [0.2, 0.25) is 0 Å². The second-order valence-electron chi connectivity index (χ2n) is 3.24. The van der Waals surface area contributed by atoms with Gasteiger partial charge in [-0.25, -0.2) is 14.3 Å². The monoisotopic (exact) mass is 226 g/mol. The van der Waals surface area contributed by atoms with Crippen molar-refractivity contribution >= 4 is 23.8 Å². The lowest BCUT2D eigenvalue weighted by molar-refractivity contribution is 0.701. The van der Waals surface area contributed by atoms with Crippen LogP contribution >= 0.6 is 12.6 Å². The number of nitrogens with one attached hydrogen (secondary N) is 1. The summed E-state index contributed by atoms with van der Waals surface area (Å²) in [7, 11) is 1.57. The maximum absolute atomic E-state index is 11.8. The fourth-order valence-electron chi connectivity index (χ4n) is 1.49. The van der Waals surface area contributed by atoms with Gasteiger partial charge in [-0.05, 0) is 6.92 Å². The Balaban J connectivity index is 3.09. The van der Waals surface area contributed by atoms with Crippen LogP contribution < -0.4 is 11.2 Å². The molecule has 0 aliphatic rings. The van der Waals surface area contributed by atoms with E-state index in [0.29, 0.717) is 17.0 Å². The molecule has 2 aromatic heterocycles. The van der Waals surface area contributed by atoms with Gasteiger partial charge in [-0.3, -0.25) is 9.36 Å². The van der Waals surface area contributed by atoms with E-state index >= 15 is 0 Å². The Kier molecular flexibility index (Phi) is 2.18. The lowest BCUT2D eigenvalue weighted by Gasteiger charge is -2.03. The van der Waals surface area contributed by atoms with Crippen LogP contribution in [-0.4, -0.2) is 19.1 Å². The largest absolute Gasteiger partial charge is 0.336 e. The molecule has 0 atom stereocenters. The molecule has 0 amide bonds. The first kappa shape index (κ1) is 10.0. The Morgan fingerprint density at radius 2 is 2.13 bits per heavy atom. The fourth-order valence-corrected chi connectivity index (χ4v) is 1.74. The summed E-state index contributed by atoms with van der Waals surface area (Å²) in [6, 6.07) is 0. The number of rotatable bonds is 1. The number of hydrogen-bond donors (Lipinski definition) is 2. The molecule has 7 heteroatoms. The van der Waals surface area contributed by atoms with Gasteiger partial charge in [0.15, 0.2) is 5.65 Å². The molecule has 15 heavy (non-hydrogen) atoms. The van der Waals surface area contributed by atoms with E-state index in [1.165, 1.54) is 4.57 Å². The Hall–Kier alpha value is -1.50. The Labute approximate surface area is 90.0 Å². The summed E-state index contributed by atoms with van der Waals surface area (Å²) in [4.78, 5) is 30.4. The van der Waals surface area contributed by atoms with Crippen molar-refractivity contribution in [3.63, 3.8) is 0 Å². The second-order valence-corrected chi connectivity index (χ2v) is 3.52. The molecule has 0 aliphatic carbocycles. The predicted molar refractivity (Wildman–Crippen MR) is 59.3 cm³/mol. The predicted octanol–water partition coefficient (Wildman–Crippen LogP) is -0.381. The molecule has 0 aromatic carbocycles. The molecule has 2 rings (SSSR count). The van der Waals surface area contributed by atoms with Crippen LogP contribution in [0.25, 0.3) is 11.2 Å². The summed E-state index contributed by atoms with van der Waals surface area (Å²) in [6.45, 7) is 1.73. The van der Waals surface area contributed by atoms with E-state index in [1.54, 1.807) is 14.0 Å². The zero-order chi connectivity index (χ0) is 11.2. The Morgan fingerprint density at radius 3 is 2.73 bits per heavy atom. The van der Waals surface area contributed by atoms with Gasteiger partial charge in [-0.15, -0.1) is 0 Å². The average molecular weight is 226 g/mol. The molecule has 80 valence electrons. The smallest absolute Gasteiger partial charge is 0.333 e. The van der Waals surface area contributed by atoms with E-state index in [0.717, 1.165) is 4.57 Å². The summed E-state index contributed by atoms with van der Waals surface area (Å²) < 4.78 is 2.37. The Morgan fingerprint density at radius 1 is 1.47 bits per heavy atom. The van der Waals surface area contributed by atoms with Gasteiger partial charge in [0.2, 0.25) is 0 Å². The van der Waals surface area contributed by atoms with Crippen molar-refractivity contribution in [1.82, 2.24) is 19.1 Å². The molecule has 0 spiro atoms. The molecule has 0 saturated heterocycles. The lowest BCUT2D eigenvalue weighted by atomic mass is 10.5. The van der Waals surface area contributed by atoms with Gasteiger partial charge in [-0.1, -0.05) is 0 Å². The van der Waals surface area contributed by atoms with Crippen LogP contribution in [0.15, 0.2) is 9.59 Å². The van der Waals surface area contributed by atoms with Crippen LogP contribution in [0.4, 0.5) is 0 Å². The maximum Gasteiger partial charge on any atom is 0.333 e. The third kappa shape index (κ3) is 1.30. The number of aromatic nitrogens is 4. The van der Waals surface area contributed by atoms with Gasteiger partial charge >= 0.3 is 5.69 Å². The van der Waals surface area contributed by atoms with E-state index in [-0.39, 0.29) is 11.4 Å². The number of H-pyrrole nitrogens is 1.